The maximum absolute atomic E-state index is 12.6. The van der Waals surface area contributed by atoms with Gasteiger partial charge in [-0.15, -0.1) is 0 Å². The highest BCUT2D eigenvalue weighted by Gasteiger charge is 2.29. The summed E-state index contributed by atoms with van der Waals surface area (Å²) < 4.78 is 0. The highest BCUT2D eigenvalue weighted by molar-refractivity contribution is 5.96. The largest absolute Gasteiger partial charge is 0.338 e. The van der Waals surface area contributed by atoms with Gasteiger partial charge in [0, 0.05) is 24.7 Å². The first-order chi connectivity index (χ1) is 11.1. The van der Waals surface area contributed by atoms with Crippen LogP contribution in [0.4, 0.5) is 5.82 Å². The fraction of sp³-hybridized carbons (Fsp3) is 0.353. The molecule has 0 saturated carbocycles. The number of hydrogen-bond acceptors (Lipinski definition) is 3. The van der Waals surface area contributed by atoms with Crippen molar-refractivity contribution in [3.8, 4) is 0 Å². The van der Waals surface area contributed by atoms with Crippen molar-refractivity contribution in [2.24, 2.45) is 5.92 Å². The summed E-state index contributed by atoms with van der Waals surface area (Å²) >= 11 is 0. The Hall–Kier alpha value is -2.63. The van der Waals surface area contributed by atoms with Gasteiger partial charge < -0.3 is 10.2 Å². The number of rotatable bonds is 3. The van der Waals surface area contributed by atoms with Crippen LogP contribution in [0.3, 0.4) is 0 Å². The summed E-state index contributed by atoms with van der Waals surface area (Å²) in [5.41, 5.74) is 1.79. The SMILES string of the molecule is Cc1ccc(C(=O)N2CCCC(C(=O)Nc3ccn[nH]3)C2)cc1. The summed E-state index contributed by atoms with van der Waals surface area (Å²) in [6.07, 6.45) is 3.21. The third kappa shape index (κ3) is 3.59. The molecule has 2 amide bonds. The van der Waals surface area contributed by atoms with E-state index in [9.17, 15) is 9.59 Å². The number of benzene rings is 1. The van der Waals surface area contributed by atoms with Crippen molar-refractivity contribution in [3.05, 3.63) is 47.7 Å². The summed E-state index contributed by atoms with van der Waals surface area (Å²) in [5, 5.41) is 9.32. The van der Waals surface area contributed by atoms with E-state index in [1.54, 1.807) is 17.2 Å². The Morgan fingerprint density at radius 2 is 2.04 bits per heavy atom. The van der Waals surface area contributed by atoms with Crippen molar-refractivity contribution >= 4 is 17.6 Å². The van der Waals surface area contributed by atoms with E-state index in [0.29, 0.717) is 24.5 Å². The molecule has 0 bridgehead atoms. The first-order valence-corrected chi connectivity index (χ1v) is 7.79. The molecule has 6 heteroatoms. The zero-order valence-electron chi connectivity index (χ0n) is 13.1. The average molecular weight is 312 g/mol. The topological polar surface area (TPSA) is 78.1 Å². The van der Waals surface area contributed by atoms with E-state index in [2.05, 4.69) is 15.5 Å². The molecular weight excluding hydrogens is 292 g/mol. The predicted octanol–water partition coefficient (Wildman–Crippen LogP) is 2.21. The summed E-state index contributed by atoms with van der Waals surface area (Å²) in [7, 11) is 0. The molecule has 120 valence electrons. The van der Waals surface area contributed by atoms with E-state index >= 15 is 0 Å². The Morgan fingerprint density at radius 3 is 2.74 bits per heavy atom. The number of likely N-dealkylation sites (tertiary alicyclic amines) is 1. The molecule has 2 aromatic rings. The molecule has 23 heavy (non-hydrogen) atoms. The van der Waals surface area contributed by atoms with Gasteiger partial charge in [0.05, 0.1) is 12.1 Å². The number of carbonyl (C=O) groups is 2. The fourth-order valence-corrected chi connectivity index (χ4v) is 2.81. The van der Waals surface area contributed by atoms with E-state index < -0.39 is 0 Å². The summed E-state index contributed by atoms with van der Waals surface area (Å²) in [4.78, 5) is 26.7. The van der Waals surface area contributed by atoms with Gasteiger partial charge >= 0.3 is 0 Å². The first kappa shape index (κ1) is 15.3. The molecule has 6 nitrogen and oxygen atoms in total. The number of aromatic amines is 1. The van der Waals surface area contributed by atoms with Crippen LogP contribution in [0.25, 0.3) is 0 Å². The van der Waals surface area contributed by atoms with Crippen molar-refractivity contribution in [2.45, 2.75) is 19.8 Å². The van der Waals surface area contributed by atoms with E-state index in [1.165, 1.54) is 0 Å². The Morgan fingerprint density at radius 1 is 1.26 bits per heavy atom. The van der Waals surface area contributed by atoms with Gasteiger partial charge in [-0.25, -0.2) is 0 Å². The molecule has 3 rings (SSSR count). The molecule has 1 saturated heterocycles. The van der Waals surface area contributed by atoms with E-state index in [-0.39, 0.29) is 17.7 Å². The molecule has 1 unspecified atom stereocenters. The molecule has 2 N–H and O–H groups in total. The van der Waals surface area contributed by atoms with E-state index in [1.807, 2.05) is 31.2 Å². The lowest BCUT2D eigenvalue weighted by atomic mass is 9.96. The number of anilines is 1. The van der Waals surface area contributed by atoms with Crippen LogP contribution in [-0.4, -0.2) is 40.0 Å². The monoisotopic (exact) mass is 312 g/mol. The van der Waals surface area contributed by atoms with Crippen LogP contribution in [0, 0.1) is 12.8 Å². The number of nitrogens with one attached hydrogen (secondary N) is 2. The summed E-state index contributed by atoms with van der Waals surface area (Å²) in [6, 6.07) is 9.24. The molecule has 0 spiro atoms. The molecule has 1 aromatic heterocycles. The average Bonchev–Trinajstić information content (AvgIpc) is 3.08. The van der Waals surface area contributed by atoms with Crippen LogP contribution in [0.15, 0.2) is 36.5 Å². The van der Waals surface area contributed by atoms with Crippen molar-refractivity contribution in [1.29, 1.82) is 0 Å². The quantitative estimate of drug-likeness (QED) is 0.912. The summed E-state index contributed by atoms with van der Waals surface area (Å²) in [5.74, 6) is 0.304. The molecule has 1 aliphatic heterocycles. The Kier molecular flexibility index (Phi) is 4.41. The van der Waals surface area contributed by atoms with Crippen LogP contribution in [0.1, 0.15) is 28.8 Å². The third-order valence-corrected chi connectivity index (χ3v) is 4.14. The number of piperidine rings is 1. The summed E-state index contributed by atoms with van der Waals surface area (Å²) in [6.45, 7) is 3.14. The second-order valence-corrected chi connectivity index (χ2v) is 5.92. The number of amides is 2. The van der Waals surface area contributed by atoms with E-state index in [4.69, 9.17) is 0 Å². The predicted molar refractivity (Wildman–Crippen MR) is 87.0 cm³/mol. The van der Waals surface area contributed by atoms with Crippen molar-refractivity contribution in [2.75, 3.05) is 18.4 Å². The van der Waals surface area contributed by atoms with Crippen LogP contribution >= 0.6 is 0 Å². The number of H-pyrrole nitrogens is 1. The van der Waals surface area contributed by atoms with Crippen LogP contribution in [0.2, 0.25) is 0 Å². The maximum atomic E-state index is 12.6. The minimum atomic E-state index is -0.193. The van der Waals surface area contributed by atoms with Crippen molar-refractivity contribution in [3.63, 3.8) is 0 Å². The Balaban J connectivity index is 1.64. The number of hydrogen-bond donors (Lipinski definition) is 2. The van der Waals surface area contributed by atoms with Gasteiger partial charge in [-0.3, -0.25) is 14.7 Å². The highest BCUT2D eigenvalue weighted by Crippen LogP contribution is 2.20. The zero-order valence-corrected chi connectivity index (χ0v) is 13.1. The van der Waals surface area contributed by atoms with Gasteiger partial charge in [0.1, 0.15) is 5.82 Å². The lowest BCUT2D eigenvalue weighted by Crippen LogP contribution is -2.43. The Labute approximate surface area is 134 Å². The molecule has 1 atom stereocenters. The third-order valence-electron chi connectivity index (χ3n) is 4.14. The number of aryl methyl sites for hydroxylation is 1. The lowest BCUT2D eigenvalue weighted by molar-refractivity contribution is -0.121. The normalized spacial score (nSPS) is 17.8. The highest BCUT2D eigenvalue weighted by atomic mass is 16.2. The van der Waals surface area contributed by atoms with Gasteiger partial charge in [0.25, 0.3) is 5.91 Å². The van der Waals surface area contributed by atoms with Gasteiger partial charge in [0.2, 0.25) is 5.91 Å². The molecular formula is C17H20N4O2. The molecule has 2 heterocycles. The molecule has 1 aliphatic rings. The van der Waals surface area contributed by atoms with Gasteiger partial charge in [0.15, 0.2) is 0 Å². The van der Waals surface area contributed by atoms with Crippen molar-refractivity contribution < 1.29 is 9.59 Å². The van der Waals surface area contributed by atoms with Crippen LogP contribution in [0.5, 0.6) is 0 Å². The van der Waals surface area contributed by atoms with Gasteiger partial charge in [-0.2, -0.15) is 5.10 Å². The molecule has 0 radical (unpaired) electrons. The minimum Gasteiger partial charge on any atom is -0.338 e. The number of aromatic nitrogens is 2. The van der Waals surface area contributed by atoms with Gasteiger partial charge in [-0.05, 0) is 31.9 Å². The lowest BCUT2D eigenvalue weighted by Gasteiger charge is -2.32. The Bertz CT molecular complexity index is 679. The second kappa shape index (κ2) is 6.64. The number of nitrogens with zero attached hydrogens (tertiary/aromatic N) is 2. The standard InChI is InChI=1S/C17H20N4O2/c1-12-4-6-13(7-5-12)17(23)21-10-2-3-14(11-21)16(22)19-15-8-9-18-20-15/h4-9,14H,2-3,10-11H2,1H3,(H2,18,19,20,22). The van der Waals surface area contributed by atoms with Crippen LogP contribution in [-0.2, 0) is 4.79 Å². The zero-order chi connectivity index (χ0) is 16.2. The van der Waals surface area contributed by atoms with E-state index in [0.717, 1.165) is 18.4 Å². The smallest absolute Gasteiger partial charge is 0.253 e. The van der Waals surface area contributed by atoms with Crippen molar-refractivity contribution in [1.82, 2.24) is 15.1 Å². The van der Waals surface area contributed by atoms with Crippen LogP contribution < -0.4 is 5.32 Å². The molecule has 1 fully saturated rings. The van der Waals surface area contributed by atoms with Gasteiger partial charge in [-0.1, -0.05) is 17.7 Å². The second-order valence-electron chi connectivity index (χ2n) is 5.92. The maximum Gasteiger partial charge on any atom is 0.253 e. The fourth-order valence-electron chi connectivity index (χ4n) is 2.81. The molecule has 0 aliphatic carbocycles. The number of carbonyl (C=O) groups excluding carboxylic acids is 2. The minimum absolute atomic E-state index is 0.0101. The molecule has 1 aromatic carbocycles. The first-order valence-electron chi connectivity index (χ1n) is 7.79.